The van der Waals surface area contributed by atoms with Gasteiger partial charge in [-0.05, 0) is 62.0 Å². The average molecular weight is 410 g/mol. The summed E-state index contributed by atoms with van der Waals surface area (Å²) in [6, 6.07) is 1.42. The Balaban J connectivity index is 1.52. The van der Waals surface area contributed by atoms with Gasteiger partial charge in [0.15, 0.2) is 11.5 Å². The number of rotatable bonds is 2. The van der Waals surface area contributed by atoms with E-state index in [-0.39, 0.29) is 22.9 Å². The lowest BCUT2D eigenvalue weighted by Crippen LogP contribution is -2.77. The number of amides is 1. The maximum Gasteiger partial charge on any atom is 0.410 e. The van der Waals surface area contributed by atoms with Gasteiger partial charge in [0.2, 0.25) is 0 Å². The minimum Gasteiger partial charge on any atom is -0.444 e. The minimum atomic E-state index is -0.501. The highest BCUT2D eigenvalue weighted by atomic mass is 79.9. The van der Waals surface area contributed by atoms with Gasteiger partial charge in [0.1, 0.15) is 5.60 Å². The topological polar surface area (TPSA) is 46.8 Å². The van der Waals surface area contributed by atoms with E-state index in [4.69, 9.17) is 4.74 Å². The fourth-order valence-electron chi connectivity index (χ4n) is 4.17. The van der Waals surface area contributed by atoms with Crippen molar-refractivity contribution in [1.82, 2.24) is 14.3 Å². The zero-order chi connectivity index (χ0) is 18.2. The van der Waals surface area contributed by atoms with E-state index in [0.29, 0.717) is 10.1 Å². The number of aromatic nitrogens is 2. The number of fused-ring (bicyclic) bond motifs is 1. The van der Waals surface area contributed by atoms with Crippen molar-refractivity contribution in [2.75, 3.05) is 7.05 Å². The summed E-state index contributed by atoms with van der Waals surface area (Å²) in [5.74, 6) is -0.340. The van der Waals surface area contributed by atoms with Crippen LogP contribution in [0.4, 0.5) is 9.18 Å². The second kappa shape index (κ2) is 4.96. The lowest BCUT2D eigenvalue weighted by molar-refractivity contribution is -0.155. The SMILES string of the molecule is CN(C(=O)OC(C)(C)C)C12CC(c3cn4cc(Br)cc(F)c4n3)(C1)C2. The summed E-state index contributed by atoms with van der Waals surface area (Å²) in [7, 11) is 1.80. The molecule has 2 aromatic heterocycles. The van der Waals surface area contributed by atoms with Crippen molar-refractivity contribution >= 4 is 27.7 Å². The highest BCUT2D eigenvalue weighted by molar-refractivity contribution is 9.10. The molecule has 0 spiro atoms. The molecule has 134 valence electrons. The highest BCUT2D eigenvalue weighted by Gasteiger charge is 2.72. The van der Waals surface area contributed by atoms with Crippen molar-refractivity contribution < 1.29 is 13.9 Å². The molecule has 0 radical (unpaired) electrons. The fourth-order valence-corrected chi connectivity index (χ4v) is 4.59. The summed E-state index contributed by atoms with van der Waals surface area (Å²) in [6.45, 7) is 5.60. The number of hydrogen-bond donors (Lipinski definition) is 0. The van der Waals surface area contributed by atoms with Crippen LogP contribution in [0.25, 0.3) is 5.65 Å². The molecule has 1 amide bonds. The summed E-state index contributed by atoms with van der Waals surface area (Å²) in [6.07, 6.45) is 5.97. The van der Waals surface area contributed by atoms with Crippen LogP contribution in [0.3, 0.4) is 0 Å². The van der Waals surface area contributed by atoms with Gasteiger partial charge in [0, 0.05) is 34.9 Å². The van der Waals surface area contributed by atoms with E-state index >= 15 is 0 Å². The number of pyridine rings is 1. The predicted octanol–water partition coefficient (Wildman–Crippen LogP) is 4.28. The standard InChI is InChI=1S/C18H21BrFN3O2/c1-16(2,3)25-15(24)22(4)18-8-17(9-18,10-18)13-7-23-6-11(19)5-12(20)14(23)21-13/h5-7H,8-10H2,1-4H3. The van der Waals surface area contributed by atoms with Crippen LogP contribution in [0, 0.1) is 5.82 Å². The Labute approximate surface area is 154 Å². The van der Waals surface area contributed by atoms with Crippen LogP contribution in [-0.2, 0) is 10.2 Å². The molecule has 3 aliphatic rings. The first kappa shape index (κ1) is 16.8. The zero-order valence-corrected chi connectivity index (χ0v) is 16.4. The van der Waals surface area contributed by atoms with Crippen molar-refractivity contribution in [2.45, 2.75) is 56.6 Å². The van der Waals surface area contributed by atoms with Crippen molar-refractivity contribution in [1.29, 1.82) is 0 Å². The molecule has 0 N–H and O–H groups in total. The number of ether oxygens (including phenoxy) is 1. The number of carbonyl (C=O) groups excluding carboxylic acids is 1. The normalized spacial score (nSPS) is 27.6. The lowest BCUT2D eigenvalue weighted by Gasteiger charge is -2.72. The minimum absolute atomic E-state index is 0.0405. The zero-order valence-electron chi connectivity index (χ0n) is 14.8. The third-order valence-electron chi connectivity index (χ3n) is 5.40. The van der Waals surface area contributed by atoms with Crippen LogP contribution in [0.2, 0.25) is 0 Å². The first-order valence-corrected chi connectivity index (χ1v) is 9.14. The van der Waals surface area contributed by atoms with Gasteiger partial charge in [-0.25, -0.2) is 14.2 Å². The van der Waals surface area contributed by atoms with E-state index in [1.165, 1.54) is 6.07 Å². The quantitative estimate of drug-likeness (QED) is 0.743. The van der Waals surface area contributed by atoms with Crippen molar-refractivity contribution in [3.05, 3.63) is 34.4 Å². The van der Waals surface area contributed by atoms with Gasteiger partial charge in [-0.1, -0.05) is 0 Å². The first-order valence-electron chi connectivity index (χ1n) is 8.35. The largest absolute Gasteiger partial charge is 0.444 e. The Kier molecular flexibility index (Phi) is 3.34. The third-order valence-corrected chi connectivity index (χ3v) is 5.83. The summed E-state index contributed by atoms with van der Waals surface area (Å²) in [4.78, 5) is 18.6. The van der Waals surface area contributed by atoms with Gasteiger partial charge in [-0.3, -0.25) is 0 Å². The Hall–Kier alpha value is -1.63. The van der Waals surface area contributed by atoms with Gasteiger partial charge >= 0.3 is 6.09 Å². The predicted molar refractivity (Wildman–Crippen MR) is 95.1 cm³/mol. The molecule has 2 heterocycles. The smallest absolute Gasteiger partial charge is 0.410 e. The molecular formula is C18H21BrFN3O2. The molecule has 5 nitrogen and oxygen atoms in total. The number of imidazole rings is 1. The molecule has 0 saturated heterocycles. The van der Waals surface area contributed by atoms with E-state index in [1.807, 2.05) is 33.2 Å². The van der Waals surface area contributed by atoms with Gasteiger partial charge in [0.05, 0.1) is 5.69 Å². The van der Waals surface area contributed by atoms with Crippen molar-refractivity contribution in [3.63, 3.8) is 0 Å². The van der Waals surface area contributed by atoms with E-state index in [2.05, 4.69) is 20.9 Å². The van der Waals surface area contributed by atoms with E-state index < -0.39 is 5.60 Å². The average Bonchev–Trinajstić information content (AvgIpc) is 2.77. The van der Waals surface area contributed by atoms with Crippen molar-refractivity contribution in [2.24, 2.45) is 0 Å². The third kappa shape index (κ3) is 2.46. The molecule has 2 bridgehead atoms. The molecule has 25 heavy (non-hydrogen) atoms. The van der Waals surface area contributed by atoms with E-state index in [9.17, 15) is 9.18 Å². The Morgan fingerprint density at radius 1 is 1.36 bits per heavy atom. The number of nitrogens with zero attached hydrogens (tertiary/aromatic N) is 3. The van der Waals surface area contributed by atoms with Crippen LogP contribution in [0.5, 0.6) is 0 Å². The van der Waals surface area contributed by atoms with Gasteiger partial charge in [0.25, 0.3) is 0 Å². The van der Waals surface area contributed by atoms with E-state index in [1.54, 1.807) is 16.3 Å². The molecule has 0 aromatic carbocycles. The molecule has 0 atom stereocenters. The van der Waals surface area contributed by atoms with Crippen molar-refractivity contribution in [3.8, 4) is 0 Å². The number of hydrogen-bond acceptors (Lipinski definition) is 3. The first-order chi connectivity index (χ1) is 11.5. The Morgan fingerprint density at radius 3 is 2.60 bits per heavy atom. The van der Waals surface area contributed by atoms with Gasteiger partial charge in [-0.2, -0.15) is 0 Å². The van der Waals surface area contributed by atoms with E-state index in [0.717, 1.165) is 25.0 Å². The Morgan fingerprint density at radius 2 is 2.00 bits per heavy atom. The fraction of sp³-hybridized carbons (Fsp3) is 0.556. The van der Waals surface area contributed by atoms with Crippen LogP contribution >= 0.6 is 15.9 Å². The molecule has 7 heteroatoms. The Bertz CT molecular complexity index is 867. The second-order valence-corrected chi connectivity index (χ2v) is 9.35. The molecule has 2 aromatic rings. The summed E-state index contributed by atoms with van der Waals surface area (Å²) in [5, 5.41) is 0. The van der Waals surface area contributed by atoms with Crippen LogP contribution in [0.1, 0.15) is 45.7 Å². The summed E-state index contributed by atoms with van der Waals surface area (Å²) < 4.78 is 21.9. The molecule has 5 rings (SSSR count). The lowest BCUT2D eigenvalue weighted by atomic mass is 9.38. The molecule has 0 aliphatic heterocycles. The van der Waals surface area contributed by atoms with Gasteiger partial charge < -0.3 is 14.0 Å². The molecule has 3 saturated carbocycles. The molecular weight excluding hydrogens is 389 g/mol. The monoisotopic (exact) mass is 409 g/mol. The molecule has 3 aliphatic carbocycles. The summed E-state index contributed by atoms with van der Waals surface area (Å²) >= 11 is 3.30. The maximum absolute atomic E-state index is 14.1. The second-order valence-electron chi connectivity index (χ2n) is 8.44. The van der Waals surface area contributed by atoms with Crippen LogP contribution in [0.15, 0.2) is 22.9 Å². The number of halogens is 2. The maximum atomic E-state index is 14.1. The van der Waals surface area contributed by atoms with Crippen LogP contribution in [-0.4, -0.2) is 38.6 Å². The molecule has 3 fully saturated rings. The molecule has 0 unspecified atom stereocenters. The summed E-state index contributed by atoms with van der Waals surface area (Å²) in [5.41, 5.74) is 0.568. The number of carbonyl (C=O) groups is 1. The van der Waals surface area contributed by atoms with Gasteiger partial charge in [-0.15, -0.1) is 0 Å². The highest BCUT2D eigenvalue weighted by Crippen LogP contribution is 2.69. The van der Waals surface area contributed by atoms with Crippen LogP contribution < -0.4 is 0 Å².